The molecule has 27 heavy (non-hydrogen) atoms. The Morgan fingerprint density at radius 3 is 2.56 bits per heavy atom. The molecule has 1 aromatic carbocycles. The molecule has 0 aliphatic heterocycles. The van der Waals surface area contributed by atoms with Crippen molar-refractivity contribution in [2.75, 3.05) is 0 Å². The van der Waals surface area contributed by atoms with E-state index in [1.807, 2.05) is 0 Å². The Bertz CT molecular complexity index is 777. The summed E-state index contributed by atoms with van der Waals surface area (Å²) >= 11 is 0. The van der Waals surface area contributed by atoms with Crippen molar-refractivity contribution in [2.24, 2.45) is 27.5 Å². The predicted molar refractivity (Wildman–Crippen MR) is 109 cm³/mol. The zero-order valence-electron chi connectivity index (χ0n) is 16.5. The monoisotopic (exact) mass is 364 g/mol. The normalized spacial score (nSPS) is 42.5. The van der Waals surface area contributed by atoms with Crippen LogP contribution in [0.2, 0.25) is 0 Å². The van der Waals surface area contributed by atoms with Gasteiger partial charge < -0.3 is 5.73 Å². The van der Waals surface area contributed by atoms with Gasteiger partial charge in [-0.05, 0) is 86.5 Å². The number of rotatable bonds is 3. The number of hydrogen-bond donors (Lipinski definition) is 1. The van der Waals surface area contributed by atoms with Crippen molar-refractivity contribution in [3.8, 4) is 0 Å². The van der Waals surface area contributed by atoms with Gasteiger partial charge in [-0.2, -0.15) is 0 Å². The van der Waals surface area contributed by atoms with E-state index in [1.165, 1.54) is 24.8 Å². The van der Waals surface area contributed by atoms with Gasteiger partial charge in [0.15, 0.2) is 0 Å². The van der Waals surface area contributed by atoms with Crippen LogP contribution in [0.3, 0.4) is 0 Å². The second kappa shape index (κ2) is 6.01. The zero-order chi connectivity index (χ0) is 18.7. The third-order valence-electron chi connectivity index (χ3n) is 8.67. The first-order valence-corrected chi connectivity index (χ1v) is 10.9. The Hall–Kier alpha value is -1.48. The molecule has 5 aliphatic rings. The van der Waals surface area contributed by atoms with E-state index in [2.05, 4.69) is 37.3 Å². The Kier molecular flexibility index (Phi) is 3.92. The summed E-state index contributed by atoms with van der Waals surface area (Å²) in [6.45, 7) is 2.31. The second-order valence-corrected chi connectivity index (χ2v) is 10.0. The predicted octanol–water partition coefficient (Wildman–Crippen LogP) is 4.78. The summed E-state index contributed by atoms with van der Waals surface area (Å²) in [5, 5.41) is 0. The molecule has 4 bridgehead atoms. The van der Waals surface area contributed by atoms with E-state index >= 15 is 0 Å². The smallest absolute Gasteiger partial charge is 0.252 e. The van der Waals surface area contributed by atoms with Crippen LogP contribution in [0.25, 0.3) is 0 Å². The highest BCUT2D eigenvalue weighted by atomic mass is 16.1. The molecule has 0 spiro atoms. The second-order valence-electron chi connectivity index (χ2n) is 10.0. The van der Waals surface area contributed by atoms with E-state index in [-0.39, 0.29) is 22.2 Å². The lowest BCUT2D eigenvalue weighted by Gasteiger charge is -2.41. The lowest BCUT2D eigenvalue weighted by atomic mass is 9.63. The molecule has 1 aromatic rings. The summed E-state index contributed by atoms with van der Waals surface area (Å²) in [6, 6.07) is 11.3. The number of benzene rings is 1. The van der Waals surface area contributed by atoms with Gasteiger partial charge in [0.1, 0.15) is 0 Å². The highest BCUT2D eigenvalue weighted by molar-refractivity contribution is 5.99. The van der Waals surface area contributed by atoms with Crippen LogP contribution < -0.4 is 5.73 Å². The van der Waals surface area contributed by atoms with Gasteiger partial charge in [0, 0.05) is 11.8 Å². The minimum absolute atomic E-state index is 0.165. The molecule has 144 valence electrons. The molecule has 4 atom stereocenters. The molecule has 2 N–H and O–H groups in total. The maximum atomic E-state index is 13.7. The first-order valence-electron chi connectivity index (χ1n) is 10.9. The van der Waals surface area contributed by atoms with E-state index < -0.39 is 0 Å². The lowest BCUT2D eigenvalue weighted by molar-refractivity contribution is -0.132. The Morgan fingerprint density at radius 1 is 1.11 bits per heavy atom. The minimum atomic E-state index is -0.215. The van der Waals surface area contributed by atoms with Crippen molar-refractivity contribution in [3.63, 3.8) is 0 Å². The van der Waals surface area contributed by atoms with Crippen molar-refractivity contribution >= 4 is 11.6 Å². The number of amides is 1. The quantitative estimate of drug-likeness (QED) is 0.839. The van der Waals surface area contributed by atoms with Gasteiger partial charge in [-0.25, -0.2) is 4.99 Å². The van der Waals surface area contributed by atoms with Crippen LogP contribution in [0, 0.1) is 16.7 Å². The van der Waals surface area contributed by atoms with Crippen molar-refractivity contribution in [3.05, 3.63) is 35.9 Å². The van der Waals surface area contributed by atoms with Gasteiger partial charge in [0.2, 0.25) is 0 Å². The van der Waals surface area contributed by atoms with E-state index in [1.54, 1.807) is 0 Å². The summed E-state index contributed by atoms with van der Waals surface area (Å²) in [4.78, 5) is 18.5. The summed E-state index contributed by atoms with van der Waals surface area (Å²) in [5.41, 5.74) is 8.76. The number of carbonyl (C=O) groups is 1. The van der Waals surface area contributed by atoms with Crippen molar-refractivity contribution in [1.29, 1.82) is 0 Å². The van der Waals surface area contributed by atoms with Gasteiger partial charge in [-0.15, -0.1) is 0 Å². The Labute approximate surface area is 162 Å². The number of carbonyl (C=O) groups excluding carboxylic acids is 1. The average Bonchev–Trinajstić information content (AvgIpc) is 3.04. The number of aliphatic imine (C=N–C) groups is 1. The molecule has 0 aromatic heterocycles. The summed E-state index contributed by atoms with van der Waals surface area (Å²) in [6.07, 6.45) is 10.7. The van der Waals surface area contributed by atoms with Crippen LogP contribution in [-0.4, -0.2) is 17.7 Å². The van der Waals surface area contributed by atoms with Crippen LogP contribution in [0.1, 0.15) is 76.7 Å². The van der Waals surface area contributed by atoms with Crippen LogP contribution in [0.4, 0.5) is 0 Å². The largest absolute Gasteiger partial charge is 0.328 e. The van der Waals surface area contributed by atoms with E-state index in [0.29, 0.717) is 12.0 Å². The molecule has 4 unspecified atom stereocenters. The zero-order valence-corrected chi connectivity index (χ0v) is 16.5. The lowest BCUT2D eigenvalue weighted by Crippen LogP contribution is -2.40. The third kappa shape index (κ3) is 2.43. The van der Waals surface area contributed by atoms with Gasteiger partial charge in [0.05, 0.1) is 5.41 Å². The average molecular weight is 365 g/mol. The van der Waals surface area contributed by atoms with E-state index in [9.17, 15) is 4.79 Å². The van der Waals surface area contributed by atoms with Gasteiger partial charge >= 0.3 is 0 Å². The van der Waals surface area contributed by atoms with Crippen molar-refractivity contribution in [1.82, 2.24) is 0 Å². The van der Waals surface area contributed by atoms with Gasteiger partial charge in [-0.1, -0.05) is 37.3 Å². The molecule has 0 saturated heterocycles. The number of nitrogens with two attached hydrogens (primary N) is 1. The molecule has 5 fully saturated rings. The Balaban J connectivity index is 1.52. The van der Waals surface area contributed by atoms with E-state index in [0.717, 1.165) is 50.7 Å². The fourth-order valence-corrected chi connectivity index (χ4v) is 7.61. The molecule has 5 aliphatic carbocycles. The molecule has 1 amide bonds. The van der Waals surface area contributed by atoms with Crippen LogP contribution in [-0.2, 0) is 10.2 Å². The number of nitrogens with zero attached hydrogens (tertiary/aromatic N) is 1. The molecular formula is C24H32N2O. The molecule has 6 rings (SSSR count). The van der Waals surface area contributed by atoms with Crippen LogP contribution in [0.15, 0.2) is 35.3 Å². The Morgan fingerprint density at radius 2 is 1.85 bits per heavy atom. The molecule has 3 nitrogen and oxygen atoms in total. The topological polar surface area (TPSA) is 55.5 Å². The standard InChI is InChI=1S/C24H32N2O/c1-2-23-13-17-12-22(15-23,18-6-4-3-5-7-18)16-24(23,14-17)21(27)26-20-10-8-19(25)9-11-20/h3-7,17,19H,2,8-16,25H2,1H3. The SMILES string of the molecule is CCC12CC3CC(c4ccccc4)(C1)CC2(C(=O)N=C1CCC(N)CC1)C3. The highest BCUT2D eigenvalue weighted by Gasteiger charge is 2.73. The first kappa shape index (κ1) is 17.6. The van der Waals surface area contributed by atoms with Crippen LogP contribution in [0.5, 0.6) is 0 Å². The molecule has 3 heteroatoms. The highest BCUT2D eigenvalue weighted by Crippen LogP contribution is 2.77. The number of hydrogen-bond acceptors (Lipinski definition) is 2. The maximum Gasteiger partial charge on any atom is 0.252 e. The fraction of sp³-hybridized carbons (Fsp3) is 0.667. The molecular weight excluding hydrogens is 332 g/mol. The molecule has 0 radical (unpaired) electrons. The van der Waals surface area contributed by atoms with Gasteiger partial charge in [0.25, 0.3) is 5.91 Å². The summed E-state index contributed by atoms with van der Waals surface area (Å²) < 4.78 is 0. The van der Waals surface area contributed by atoms with Crippen molar-refractivity contribution in [2.45, 2.75) is 82.6 Å². The summed E-state index contributed by atoms with van der Waals surface area (Å²) in [7, 11) is 0. The third-order valence-corrected chi connectivity index (χ3v) is 8.67. The molecule has 0 heterocycles. The van der Waals surface area contributed by atoms with Gasteiger partial charge in [-0.3, -0.25) is 4.79 Å². The van der Waals surface area contributed by atoms with Crippen LogP contribution >= 0.6 is 0 Å². The van der Waals surface area contributed by atoms with Crippen molar-refractivity contribution < 1.29 is 4.79 Å². The summed E-state index contributed by atoms with van der Waals surface area (Å²) in [5.74, 6) is 0.909. The fourth-order valence-electron chi connectivity index (χ4n) is 7.61. The molecule has 5 saturated carbocycles. The maximum absolute atomic E-state index is 13.7. The first-order chi connectivity index (χ1) is 13.0. The minimum Gasteiger partial charge on any atom is -0.328 e. The van der Waals surface area contributed by atoms with E-state index in [4.69, 9.17) is 10.7 Å².